The van der Waals surface area contributed by atoms with E-state index in [1.165, 1.54) is 11.1 Å². The molecule has 1 unspecified atom stereocenters. The van der Waals surface area contributed by atoms with Gasteiger partial charge in [0, 0.05) is 11.8 Å². The Morgan fingerprint density at radius 3 is 2.91 bits per heavy atom. The molecule has 2 rings (SSSR count). The molecule has 0 aliphatic carbocycles. The number of hydrogen-bond donors (Lipinski definition) is 1. The van der Waals surface area contributed by atoms with E-state index in [1.807, 2.05) is 0 Å². The molecule has 2 heterocycles. The molecule has 1 N–H and O–H groups in total. The predicted molar refractivity (Wildman–Crippen MR) is 86.5 cm³/mol. The van der Waals surface area contributed by atoms with Crippen LogP contribution in [0.2, 0.25) is 0 Å². The smallest absolute Gasteiger partial charge is 0.188 e. The second-order valence-electron chi connectivity index (χ2n) is 5.98. The molecule has 0 bridgehead atoms. The van der Waals surface area contributed by atoms with Gasteiger partial charge in [-0.2, -0.15) is 0 Å². The second kappa shape index (κ2) is 7.56. The van der Waals surface area contributed by atoms with Gasteiger partial charge < -0.3 is 14.6 Å². The average Bonchev–Trinajstić information content (AvgIpc) is 2.86. The number of rotatable bonds is 6. The van der Waals surface area contributed by atoms with E-state index in [1.54, 1.807) is 13.1 Å². The summed E-state index contributed by atoms with van der Waals surface area (Å²) in [5.74, 6) is 0.184. The molecule has 4 heteroatoms. The van der Waals surface area contributed by atoms with Gasteiger partial charge in [0.25, 0.3) is 0 Å². The third-order valence-corrected chi connectivity index (χ3v) is 3.75. The minimum absolute atomic E-state index is 0.184. The van der Waals surface area contributed by atoms with Crippen LogP contribution in [0, 0.1) is 6.92 Å². The van der Waals surface area contributed by atoms with Crippen LogP contribution in [0.15, 0.2) is 29.5 Å². The minimum atomic E-state index is -0.501. The highest BCUT2D eigenvalue weighted by Crippen LogP contribution is 2.38. The summed E-state index contributed by atoms with van der Waals surface area (Å²) in [5, 5.41) is 10.1. The molecule has 1 aromatic heterocycles. The van der Waals surface area contributed by atoms with Crippen molar-refractivity contribution in [2.24, 2.45) is 0 Å². The van der Waals surface area contributed by atoms with Crippen LogP contribution in [0.3, 0.4) is 0 Å². The van der Waals surface area contributed by atoms with Crippen LogP contribution < -0.4 is 0 Å². The van der Waals surface area contributed by atoms with Crippen molar-refractivity contribution in [3.63, 3.8) is 0 Å². The van der Waals surface area contributed by atoms with Crippen molar-refractivity contribution in [3.8, 4) is 5.75 Å². The van der Waals surface area contributed by atoms with E-state index in [4.69, 9.17) is 9.47 Å². The number of allylic oxidation sites excluding steroid dienone is 3. The number of aromatic nitrogens is 1. The van der Waals surface area contributed by atoms with Crippen LogP contribution in [-0.4, -0.2) is 16.7 Å². The largest absolute Gasteiger partial charge is 0.506 e. The van der Waals surface area contributed by atoms with Gasteiger partial charge in [-0.25, -0.2) is 0 Å². The SMILES string of the molecule is CC(C)=CCC/C(C)=C/COC1OCc2cnc(C)c(O)c21. The fourth-order valence-electron chi connectivity index (χ4n) is 2.38. The maximum Gasteiger partial charge on any atom is 0.188 e. The standard InChI is InChI=1S/C18H25NO3/c1-12(2)6-5-7-13(3)8-9-21-18-16-15(11-22-18)10-19-14(4)17(16)20/h6,8,10,18,20H,5,7,9,11H2,1-4H3/b13-8+. The van der Waals surface area contributed by atoms with E-state index in [9.17, 15) is 5.11 Å². The molecule has 120 valence electrons. The second-order valence-corrected chi connectivity index (χ2v) is 5.98. The number of fused-ring (bicyclic) bond motifs is 1. The Bertz CT molecular complexity index is 586. The monoisotopic (exact) mass is 303 g/mol. The summed E-state index contributed by atoms with van der Waals surface area (Å²) in [4.78, 5) is 4.14. The van der Waals surface area contributed by atoms with E-state index in [-0.39, 0.29) is 5.75 Å². The predicted octanol–water partition coefficient (Wildman–Crippen LogP) is 4.33. The minimum Gasteiger partial charge on any atom is -0.506 e. The lowest BCUT2D eigenvalue weighted by Gasteiger charge is -2.13. The number of aryl methyl sites for hydroxylation is 1. The van der Waals surface area contributed by atoms with Crippen LogP contribution in [0.25, 0.3) is 0 Å². The van der Waals surface area contributed by atoms with Crippen LogP contribution >= 0.6 is 0 Å². The van der Waals surface area contributed by atoms with Gasteiger partial charge in [0.05, 0.1) is 24.5 Å². The number of nitrogens with zero attached hydrogens (tertiary/aromatic N) is 1. The third kappa shape index (κ3) is 4.18. The summed E-state index contributed by atoms with van der Waals surface area (Å²) in [6, 6.07) is 0. The van der Waals surface area contributed by atoms with Crippen LogP contribution in [-0.2, 0) is 16.1 Å². The van der Waals surface area contributed by atoms with Crippen LogP contribution in [0.4, 0.5) is 0 Å². The maximum atomic E-state index is 10.1. The molecular weight excluding hydrogens is 278 g/mol. The van der Waals surface area contributed by atoms with Gasteiger partial charge in [0.15, 0.2) is 6.29 Å². The summed E-state index contributed by atoms with van der Waals surface area (Å²) < 4.78 is 11.4. The zero-order chi connectivity index (χ0) is 16.1. The lowest BCUT2D eigenvalue weighted by atomic mass is 10.1. The Morgan fingerprint density at radius 2 is 2.18 bits per heavy atom. The summed E-state index contributed by atoms with van der Waals surface area (Å²) in [6.45, 7) is 9.02. The Morgan fingerprint density at radius 1 is 1.41 bits per heavy atom. The molecule has 0 amide bonds. The van der Waals surface area contributed by atoms with Gasteiger partial charge in [0.2, 0.25) is 0 Å². The van der Waals surface area contributed by atoms with Gasteiger partial charge >= 0.3 is 0 Å². The zero-order valence-electron chi connectivity index (χ0n) is 13.8. The van der Waals surface area contributed by atoms with Crippen molar-refractivity contribution in [1.82, 2.24) is 4.98 Å². The molecule has 0 saturated heterocycles. The Labute approximate surface area is 132 Å². The molecule has 0 saturated carbocycles. The molecule has 22 heavy (non-hydrogen) atoms. The first-order valence-corrected chi connectivity index (χ1v) is 7.68. The van der Waals surface area contributed by atoms with Crippen molar-refractivity contribution in [3.05, 3.63) is 46.3 Å². The number of ether oxygens (including phenoxy) is 2. The highest BCUT2D eigenvalue weighted by atomic mass is 16.7. The molecule has 1 atom stereocenters. The van der Waals surface area contributed by atoms with Gasteiger partial charge in [-0.1, -0.05) is 23.3 Å². The van der Waals surface area contributed by atoms with Crippen LogP contribution in [0.1, 0.15) is 56.7 Å². The van der Waals surface area contributed by atoms with E-state index >= 15 is 0 Å². The topological polar surface area (TPSA) is 51.6 Å². The maximum absolute atomic E-state index is 10.1. The quantitative estimate of drug-likeness (QED) is 0.795. The Hall–Kier alpha value is -1.65. The van der Waals surface area contributed by atoms with Crippen molar-refractivity contribution >= 4 is 0 Å². The lowest BCUT2D eigenvalue weighted by molar-refractivity contribution is -0.130. The fraction of sp³-hybridized carbons (Fsp3) is 0.500. The highest BCUT2D eigenvalue weighted by molar-refractivity contribution is 5.43. The van der Waals surface area contributed by atoms with Gasteiger partial charge in [0.1, 0.15) is 5.75 Å². The van der Waals surface area contributed by atoms with Crippen molar-refractivity contribution < 1.29 is 14.6 Å². The van der Waals surface area contributed by atoms with Gasteiger partial charge in [-0.15, -0.1) is 0 Å². The molecular formula is C18H25NO3. The normalized spacial score (nSPS) is 17.5. The molecule has 1 aromatic rings. The molecule has 0 spiro atoms. The molecule has 1 aliphatic rings. The summed E-state index contributed by atoms with van der Waals surface area (Å²) in [5.41, 5.74) is 4.87. The molecule has 0 aromatic carbocycles. The Kier molecular flexibility index (Phi) is 5.75. The van der Waals surface area contributed by atoms with E-state index in [0.29, 0.717) is 18.9 Å². The molecule has 1 aliphatic heterocycles. The lowest BCUT2D eigenvalue weighted by Crippen LogP contribution is -2.04. The van der Waals surface area contributed by atoms with Gasteiger partial charge in [-0.05, 0) is 40.5 Å². The Balaban J connectivity index is 1.90. The average molecular weight is 303 g/mol. The van der Waals surface area contributed by atoms with E-state index < -0.39 is 6.29 Å². The molecule has 4 nitrogen and oxygen atoms in total. The van der Waals surface area contributed by atoms with Crippen molar-refractivity contribution in [2.45, 2.75) is 53.4 Å². The number of aromatic hydroxyl groups is 1. The first-order valence-electron chi connectivity index (χ1n) is 7.68. The fourth-order valence-corrected chi connectivity index (χ4v) is 2.38. The molecule has 0 radical (unpaired) electrons. The van der Waals surface area contributed by atoms with E-state index in [2.05, 4.69) is 37.9 Å². The van der Waals surface area contributed by atoms with Crippen LogP contribution in [0.5, 0.6) is 5.75 Å². The third-order valence-electron chi connectivity index (χ3n) is 3.75. The number of hydrogen-bond acceptors (Lipinski definition) is 4. The summed E-state index contributed by atoms with van der Waals surface area (Å²) in [7, 11) is 0. The molecule has 0 fully saturated rings. The summed E-state index contributed by atoms with van der Waals surface area (Å²) in [6.07, 6.45) is 7.64. The zero-order valence-corrected chi connectivity index (χ0v) is 13.8. The van der Waals surface area contributed by atoms with Crippen molar-refractivity contribution in [2.75, 3.05) is 6.61 Å². The number of pyridine rings is 1. The highest BCUT2D eigenvalue weighted by Gasteiger charge is 2.28. The van der Waals surface area contributed by atoms with E-state index in [0.717, 1.165) is 24.0 Å². The first kappa shape index (κ1) is 16.7. The van der Waals surface area contributed by atoms with Gasteiger partial charge in [-0.3, -0.25) is 4.98 Å². The summed E-state index contributed by atoms with van der Waals surface area (Å²) >= 11 is 0. The van der Waals surface area contributed by atoms with Crippen molar-refractivity contribution in [1.29, 1.82) is 0 Å². The first-order chi connectivity index (χ1) is 10.5.